The molecule has 1 aromatic carbocycles. The third kappa shape index (κ3) is 2.17. The Hall–Kier alpha value is -1.90. The van der Waals surface area contributed by atoms with Crippen molar-refractivity contribution in [1.29, 1.82) is 0 Å². The third-order valence-electron chi connectivity index (χ3n) is 4.29. The van der Waals surface area contributed by atoms with Gasteiger partial charge in [-0.1, -0.05) is 37.5 Å². The van der Waals surface area contributed by atoms with Gasteiger partial charge in [-0.2, -0.15) is 0 Å². The highest BCUT2D eigenvalue weighted by Crippen LogP contribution is 2.30. The van der Waals surface area contributed by atoms with Gasteiger partial charge in [0.1, 0.15) is 0 Å². The number of rotatable bonds is 2. The van der Waals surface area contributed by atoms with E-state index >= 15 is 0 Å². The van der Waals surface area contributed by atoms with Crippen molar-refractivity contribution in [1.82, 2.24) is 4.57 Å². The molecule has 1 aromatic heterocycles. The summed E-state index contributed by atoms with van der Waals surface area (Å²) in [6.45, 7) is 1.53. The third-order valence-corrected chi connectivity index (χ3v) is 4.29. The van der Waals surface area contributed by atoms with Crippen LogP contribution in [-0.2, 0) is 0 Å². The minimum absolute atomic E-state index is 0.0519. The molecule has 3 nitrogen and oxygen atoms in total. The molecular weight excluding hydrogens is 250 g/mol. The zero-order valence-electron chi connectivity index (χ0n) is 11.8. The molecule has 1 fully saturated rings. The van der Waals surface area contributed by atoms with Gasteiger partial charge in [0.15, 0.2) is 5.78 Å². The van der Waals surface area contributed by atoms with Gasteiger partial charge in [0.05, 0.1) is 5.52 Å². The highest BCUT2D eigenvalue weighted by atomic mass is 16.2. The predicted octanol–water partition coefficient (Wildman–Crippen LogP) is 4.06. The molecule has 0 amide bonds. The van der Waals surface area contributed by atoms with Gasteiger partial charge < -0.3 is 0 Å². The van der Waals surface area contributed by atoms with Crippen LogP contribution >= 0.6 is 0 Å². The fourth-order valence-electron chi connectivity index (χ4n) is 3.22. The van der Waals surface area contributed by atoms with E-state index in [0.29, 0.717) is 5.56 Å². The number of para-hydroxylation sites is 1. The lowest BCUT2D eigenvalue weighted by molar-refractivity contribution is 0.0891. The Morgan fingerprint density at radius 2 is 1.80 bits per heavy atom. The summed E-state index contributed by atoms with van der Waals surface area (Å²) in [6.07, 6.45) is 7.21. The van der Waals surface area contributed by atoms with Crippen LogP contribution in [0.4, 0.5) is 0 Å². The quantitative estimate of drug-likeness (QED) is 0.771. The Morgan fingerprint density at radius 3 is 2.50 bits per heavy atom. The van der Waals surface area contributed by atoms with E-state index in [4.69, 9.17) is 0 Å². The largest absolute Gasteiger partial charge is 0.294 e. The molecular formula is C17H19NO2. The molecule has 1 aliphatic rings. The summed E-state index contributed by atoms with van der Waals surface area (Å²) in [7, 11) is 0. The van der Waals surface area contributed by atoms with Crippen LogP contribution in [-0.4, -0.2) is 16.3 Å². The summed E-state index contributed by atoms with van der Waals surface area (Å²) >= 11 is 0. The smallest absolute Gasteiger partial charge is 0.227 e. The number of nitrogens with zero attached hydrogens (tertiary/aromatic N) is 1. The molecule has 0 aliphatic heterocycles. The summed E-state index contributed by atoms with van der Waals surface area (Å²) in [5, 5.41) is 0.901. The Bertz CT molecular complexity index is 663. The van der Waals surface area contributed by atoms with Crippen molar-refractivity contribution in [3.8, 4) is 0 Å². The molecule has 3 heteroatoms. The molecule has 0 N–H and O–H groups in total. The number of ketones is 1. The summed E-state index contributed by atoms with van der Waals surface area (Å²) in [4.78, 5) is 24.4. The van der Waals surface area contributed by atoms with E-state index in [-0.39, 0.29) is 17.6 Å². The van der Waals surface area contributed by atoms with Gasteiger partial charge >= 0.3 is 0 Å². The maximum atomic E-state index is 12.7. The molecule has 0 spiro atoms. The summed E-state index contributed by atoms with van der Waals surface area (Å²) in [5.74, 6) is 0.291. The van der Waals surface area contributed by atoms with E-state index in [1.807, 2.05) is 24.3 Å². The van der Waals surface area contributed by atoms with E-state index in [9.17, 15) is 9.59 Å². The van der Waals surface area contributed by atoms with Crippen molar-refractivity contribution < 1.29 is 9.59 Å². The minimum atomic E-state index is -0.0519. The monoisotopic (exact) mass is 269 g/mol. The zero-order chi connectivity index (χ0) is 14.1. The van der Waals surface area contributed by atoms with E-state index < -0.39 is 0 Å². The van der Waals surface area contributed by atoms with Crippen LogP contribution in [0.3, 0.4) is 0 Å². The average molecular weight is 269 g/mol. The molecule has 104 valence electrons. The van der Waals surface area contributed by atoms with Crippen molar-refractivity contribution in [3.05, 3.63) is 36.0 Å². The van der Waals surface area contributed by atoms with Gasteiger partial charge in [-0.05, 0) is 18.9 Å². The van der Waals surface area contributed by atoms with Crippen molar-refractivity contribution in [2.24, 2.45) is 5.92 Å². The highest BCUT2D eigenvalue weighted by Gasteiger charge is 2.25. The fourth-order valence-corrected chi connectivity index (χ4v) is 3.22. The Morgan fingerprint density at radius 1 is 1.10 bits per heavy atom. The number of Topliss-reactive ketones (excluding diaryl/α,β-unsaturated/α-hetero) is 1. The van der Waals surface area contributed by atoms with Crippen molar-refractivity contribution in [2.75, 3.05) is 0 Å². The van der Waals surface area contributed by atoms with E-state index in [2.05, 4.69) is 0 Å². The zero-order valence-corrected chi connectivity index (χ0v) is 11.8. The number of hydrogen-bond donors (Lipinski definition) is 0. The van der Waals surface area contributed by atoms with Gasteiger partial charge in [-0.15, -0.1) is 0 Å². The first-order valence-electron chi connectivity index (χ1n) is 7.33. The summed E-state index contributed by atoms with van der Waals surface area (Å²) in [6, 6.07) is 7.65. The lowest BCUT2D eigenvalue weighted by atomic mass is 9.84. The minimum Gasteiger partial charge on any atom is -0.294 e. The first-order chi connectivity index (χ1) is 9.68. The number of benzene rings is 1. The lowest BCUT2D eigenvalue weighted by Gasteiger charge is -2.19. The van der Waals surface area contributed by atoms with Crippen LogP contribution in [0.2, 0.25) is 0 Å². The van der Waals surface area contributed by atoms with Crippen LogP contribution in [0.5, 0.6) is 0 Å². The molecule has 3 rings (SSSR count). The molecule has 2 aromatic rings. The molecule has 0 unspecified atom stereocenters. The first kappa shape index (κ1) is 13.1. The van der Waals surface area contributed by atoms with Crippen LogP contribution < -0.4 is 0 Å². The maximum absolute atomic E-state index is 12.7. The second-order valence-electron chi connectivity index (χ2n) is 5.65. The van der Waals surface area contributed by atoms with Crippen molar-refractivity contribution in [2.45, 2.75) is 39.0 Å². The van der Waals surface area contributed by atoms with Crippen LogP contribution in [0.25, 0.3) is 10.9 Å². The number of hydrogen-bond acceptors (Lipinski definition) is 2. The Balaban J connectivity index is 2.06. The Labute approximate surface area is 118 Å². The van der Waals surface area contributed by atoms with Crippen molar-refractivity contribution >= 4 is 22.6 Å². The van der Waals surface area contributed by atoms with E-state index in [1.54, 1.807) is 10.8 Å². The topological polar surface area (TPSA) is 39.1 Å². The van der Waals surface area contributed by atoms with Gasteiger partial charge in [0.25, 0.3) is 0 Å². The number of carbonyl (C=O) groups is 2. The lowest BCUT2D eigenvalue weighted by Crippen LogP contribution is -2.17. The number of fused-ring (bicyclic) bond motifs is 1. The standard InChI is InChI=1S/C17H19NO2/c1-12(19)18-11-15(14-9-5-6-10-16(14)18)17(20)13-7-3-2-4-8-13/h5-6,9-11,13H,2-4,7-8H2,1H3. The average Bonchev–Trinajstić information content (AvgIpc) is 2.87. The number of carbonyl (C=O) groups excluding carboxylic acids is 2. The van der Waals surface area contributed by atoms with Crippen LogP contribution in [0, 0.1) is 5.92 Å². The van der Waals surface area contributed by atoms with Crippen molar-refractivity contribution in [3.63, 3.8) is 0 Å². The molecule has 20 heavy (non-hydrogen) atoms. The normalized spacial score (nSPS) is 16.4. The van der Waals surface area contributed by atoms with Gasteiger partial charge in [-0.25, -0.2) is 0 Å². The second kappa shape index (κ2) is 5.23. The molecule has 1 aliphatic carbocycles. The Kier molecular flexibility index (Phi) is 3.43. The van der Waals surface area contributed by atoms with Crippen LogP contribution in [0.15, 0.2) is 30.5 Å². The molecule has 0 saturated heterocycles. The summed E-state index contributed by atoms with van der Waals surface area (Å²) in [5.41, 5.74) is 1.54. The van der Waals surface area contributed by atoms with Gasteiger partial charge in [-0.3, -0.25) is 14.2 Å². The molecule has 1 heterocycles. The SMILES string of the molecule is CC(=O)n1cc(C(=O)C2CCCCC2)c2ccccc21. The first-order valence-corrected chi connectivity index (χ1v) is 7.33. The number of aromatic nitrogens is 1. The maximum Gasteiger partial charge on any atom is 0.227 e. The van der Waals surface area contributed by atoms with Crippen LogP contribution in [0.1, 0.15) is 54.2 Å². The second-order valence-corrected chi connectivity index (χ2v) is 5.65. The van der Waals surface area contributed by atoms with Gasteiger partial charge in [0.2, 0.25) is 5.91 Å². The highest BCUT2D eigenvalue weighted by molar-refractivity contribution is 6.11. The fraction of sp³-hybridized carbons (Fsp3) is 0.412. The molecule has 1 saturated carbocycles. The molecule has 0 atom stereocenters. The van der Waals surface area contributed by atoms with E-state index in [0.717, 1.165) is 36.6 Å². The molecule has 0 bridgehead atoms. The summed E-state index contributed by atoms with van der Waals surface area (Å²) < 4.78 is 1.59. The predicted molar refractivity (Wildman–Crippen MR) is 79.1 cm³/mol. The van der Waals surface area contributed by atoms with E-state index in [1.165, 1.54) is 13.3 Å². The van der Waals surface area contributed by atoms with Gasteiger partial charge in [0, 0.05) is 30.0 Å². The molecule has 0 radical (unpaired) electrons.